The monoisotopic (exact) mass is 285 g/mol. The first-order valence-corrected chi connectivity index (χ1v) is 7.53. The van der Waals surface area contributed by atoms with Crippen molar-refractivity contribution in [2.45, 2.75) is 26.8 Å². The number of nitrogens with two attached hydrogens (primary N) is 1. The van der Waals surface area contributed by atoms with Crippen LogP contribution < -0.4 is 10.3 Å². The van der Waals surface area contributed by atoms with E-state index in [2.05, 4.69) is 45.2 Å². The molecule has 0 aliphatic rings. The number of aromatic nitrogens is 3. The Kier molecular flexibility index (Phi) is 3.36. The number of anilines is 1. The predicted octanol–water partition coefficient (Wildman–Crippen LogP) is 2.48. The average Bonchev–Trinajstić information content (AvgIpc) is 2.93. The Morgan fingerprint density at radius 3 is 2.95 bits per heavy atom. The largest absolute Gasteiger partial charge is 0.383 e. The number of nitrogens with zero attached hydrogens (tertiary/aromatic N) is 3. The van der Waals surface area contributed by atoms with E-state index < -0.39 is 0 Å². The number of fused-ring (bicyclic) bond motifs is 1. The van der Waals surface area contributed by atoms with Gasteiger partial charge in [0, 0.05) is 30.3 Å². The summed E-state index contributed by atoms with van der Waals surface area (Å²) in [6.07, 6.45) is 4.74. The lowest BCUT2D eigenvalue weighted by molar-refractivity contribution is -0.692. The third-order valence-corrected chi connectivity index (χ3v) is 4.41. The standard InChI is InChI=1S/C15H17N4S/c1-3-14-17-8-11(15(16)18-14)9-19-6-4-13-12(10(19)2)5-7-20-13/h4-8H,3,9H2,1-2H3,(H2,16,17,18)/q+1. The molecule has 102 valence electrons. The van der Waals surface area contributed by atoms with Crippen LogP contribution in [0.4, 0.5) is 5.82 Å². The van der Waals surface area contributed by atoms with Crippen LogP contribution in [-0.2, 0) is 13.0 Å². The molecule has 3 aromatic rings. The summed E-state index contributed by atoms with van der Waals surface area (Å²) in [5.74, 6) is 1.37. The summed E-state index contributed by atoms with van der Waals surface area (Å²) in [4.78, 5) is 8.66. The van der Waals surface area contributed by atoms with Crippen molar-refractivity contribution in [1.82, 2.24) is 9.97 Å². The van der Waals surface area contributed by atoms with Gasteiger partial charge in [-0.3, -0.25) is 0 Å². The normalized spacial score (nSPS) is 11.1. The fraction of sp³-hybridized carbons (Fsp3) is 0.267. The number of pyridine rings is 1. The zero-order chi connectivity index (χ0) is 14.1. The maximum absolute atomic E-state index is 6.03. The molecule has 3 heterocycles. The van der Waals surface area contributed by atoms with E-state index in [9.17, 15) is 0 Å². The molecule has 0 atom stereocenters. The van der Waals surface area contributed by atoms with Crippen LogP contribution in [0.1, 0.15) is 24.0 Å². The third kappa shape index (κ3) is 2.25. The first kappa shape index (κ1) is 13.0. The van der Waals surface area contributed by atoms with Crippen LogP contribution in [0.25, 0.3) is 10.1 Å². The second-order valence-electron chi connectivity index (χ2n) is 4.78. The fourth-order valence-corrected chi connectivity index (χ4v) is 3.11. The van der Waals surface area contributed by atoms with E-state index in [4.69, 9.17) is 5.73 Å². The Labute approximate surface area is 121 Å². The third-order valence-electron chi connectivity index (χ3n) is 3.53. The highest BCUT2D eigenvalue weighted by molar-refractivity contribution is 7.17. The van der Waals surface area contributed by atoms with E-state index in [1.807, 2.05) is 13.1 Å². The van der Waals surface area contributed by atoms with Crippen LogP contribution in [0.5, 0.6) is 0 Å². The van der Waals surface area contributed by atoms with Gasteiger partial charge < -0.3 is 5.73 Å². The smallest absolute Gasteiger partial charge is 0.187 e. The number of hydrogen-bond acceptors (Lipinski definition) is 4. The Balaban J connectivity index is 1.98. The molecular weight excluding hydrogens is 268 g/mol. The molecular formula is C15H17N4S+. The minimum atomic E-state index is 0.578. The van der Waals surface area contributed by atoms with E-state index in [1.54, 1.807) is 11.3 Å². The molecule has 0 saturated heterocycles. The molecule has 0 spiro atoms. The van der Waals surface area contributed by atoms with Gasteiger partial charge in [-0.2, -0.15) is 4.57 Å². The van der Waals surface area contributed by atoms with E-state index in [-0.39, 0.29) is 0 Å². The lowest BCUT2D eigenvalue weighted by atomic mass is 10.2. The maximum Gasteiger partial charge on any atom is 0.187 e. The van der Waals surface area contributed by atoms with Gasteiger partial charge >= 0.3 is 0 Å². The van der Waals surface area contributed by atoms with Gasteiger partial charge in [0.15, 0.2) is 18.4 Å². The molecule has 0 aliphatic heterocycles. The van der Waals surface area contributed by atoms with Crippen molar-refractivity contribution in [3.63, 3.8) is 0 Å². The summed E-state index contributed by atoms with van der Waals surface area (Å²) >= 11 is 1.76. The molecule has 0 saturated carbocycles. The number of hydrogen-bond donors (Lipinski definition) is 1. The molecule has 0 bridgehead atoms. The number of thiophene rings is 1. The summed E-state index contributed by atoms with van der Waals surface area (Å²) in [5.41, 5.74) is 8.23. The van der Waals surface area contributed by atoms with Crippen LogP contribution in [0.2, 0.25) is 0 Å². The Hall–Kier alpha value is -2.01. The first-order chi connectivity index (χ1) is 9.69. The van der Waals surface area contributed by atoms with Crippen molar-refractivity contribution in [2.24, 2.45) is 0 Å². The van der Waals surface area contributed by atoms with Crippen LogP contribution in [0.15, 0.2) is 29.9 Å². The van der Waals surface area contributed by atoms with Crippen molar-refractivity contribution in [3.8, 4) is 0 Å². The summed E-state index contributed by atoms with van der Waals surface area (Å²) in [6, 6.07) is 4.30. The molecule has 0 radical (unpaired) electrons. The molecule has 0 fully saturated rings. The quantitative estimate of drug-likeness (QED) is 0.752. The van der Waals surface area contributed by atoms with E-state index >= 15 is 0 Å². The van der Waals surface area contributed by atoms with Crippen LogP contribution >= 0.6 is 11.3 Å². The maximum atomic E-state index is 6.03. The number of rotatable bonds is 3. The zero-order valence-electron chi connectivity index (χ0n) is 11.6. The minimum absolute atomic E-state index is 0.578. The molecule has 3 aromatic heterocycles. The summed E-state index contributed by atoms with van der Waals surface area (Å²) in [7, 11) is 0. The highest BCUT2D eigenvalue weighted by atomic mass is 32.1. The van der Waals surface area contributed by atoms with Crippen molar-refractivity contribution < 1.29 is 4.57 Å². The Morgan fingerprint density at radius 2 is 2.20 bits per heavy atom. The molecule has 0 amide bonds. The minimum Gasteiger partial charge on any atom is -0.383 e. The zero-order valence-corrected chi connectivity index (χ0v) is 12.4. The van der Waals surface area contributed by atoms with Crippen molar-refractivity contribution in [3.05, 3.63) is 47.0 Å². The van der Waals surface area contributed by atoms with Gasteiger partial charge in [0.05, 0.1) is 10.9 Å². The van der Waals surface area contributed by atoms with E-state index in [1.165, 1.54) is 15.8 Å². The molecule has 0 aromatic carbocycles. The van der Waals surface area contributed by atoms with Crippen molar-refractivity contribution in [2.75, 3.05) is 5.73 Å². The lowest BCUT2D eigenvalue weighted by Gasteiger charge is -2.05. The Morgan fingerprint density at radius 1 is 1.35 bits per heavy atom. The number of nitrogen functional groups attached to an aromatic ring is 1. The first-order valence-electron chi connectivity index (χ1n) is 6.65. The Bertz CT molecular complexity index is 764. The molecule has 3 rings (SSSR count). The van der Waals surface area contributed by atoms with Gasteiger partial charge in [-0.1, -0.05) is 6.92 Å². The van der Waals surface area contributed by atoms with E-state index in [0.29, 0.717) is 12.4 Å². The summed E-state index contributed by atoms with van der Waals surface area (Å²) < 4.78 is 3.50. The lowest BCUT2D eigenvalue weighted by Crippen LogP contribution is -2.37. The van der Waals surface area contributed by atoms with Gasteiger partial charge in [-0.15, -0.1) is 11.3 Å². The second kappa shape index (κ2) is 5.17. The van der Waals surface area contributed by atoms with Crippen molar-refractivity contribution >= 4 is 27.2 Å². The van der Waals surface area contributed by atoms with Gasteiger partial charge in [-0.05, 0) is 11.4 Å². The summed E-state index contributed by atoms with van der Waals surface area (Å²) in [5, 5.41) is 3.41. The van der Waals surface area contributed by atoms with Gasteiger partial charge in [0.1, 0.15) is 11.6 Å². The second-order valence-corrected chi connectivity index (χ2v) is 5.73. The van der Waals surface area contributed by atoms with Gasteiger partial charge in [0.2, 0.25) is 0 Å². The molecule has 0 aliphatic carbocycles. The predicted molar refractivity (Wildman–Crippen MR) is 81.7 cm³/mol. The summed E-state index contributed by atoms with van der Waals surface area (Å²) in [6.45, 7) is 4.86. The van der Waals surface area contributed by atoms with Crippen LogP contribution in [0.3, 0.4) is 0 Å². The van der Waals surface area contributed by atoms with Gasteiger partial charge in [-0.25, -0.2) is 9.97 Å². The molecule has 2 N–H and O–H groups in total. The van der Waals surface area contributed by atoms with Crippen molar-refractivity contribution in [1.29, 1.82) is 0 Å². The topological polar surface area (TPSA) is 55.7 Å². The van der Waals surface area contributed by atoms with Crippen LogP contribution in [-0.4, -0.2) is 9.97 Å². The molecule has 5 heteroatoms. The fourth-order valence-electron chi connectivity index (χ4n) is 2.28. The van der Waals surface area contributed by atoms with Crippen LogP contribution in [0, 0.1) is 6.92 Å². The average molecular weight is 285 g/mol. The SMILES string of the molecule is CCc1ncc(C[n+]2ccc3sccc3c2C)c(N)n1. The highest BCUT2D eigenvalue weighted by Gasteiger charge is 2.14. The number of aryl methyl sites for hydroxylation is 2. The van der Waals surface area contributed by atoms with E-state index in [0.717, 1.165) is 17.8 Å². The van der Waals surface area contributed by atoms with Gasteiger partial charge in [0.25, 0.3) is 0 Å². The highest BCUT2D eigenvalue weighted by Crippen LogP contribution is 2.21. The molecule has 20 heavy (non-hydrogen) atoms. The molecule has 0 unspecified atom stereocenters. The molecule has 4 nitrogen and oxygen atoms in total.